The molecule has 2 heterocycles. The molecule has 3 aromatic rings. The third kappa shape index (κ3) is 6.17. The van der Waals surface area contributed by atoms with Gasteiger partial charge in [0.2, 0.25) is 5.95 Å². The number of nitrogens with two attached hydrogens (primary N) is 2. The zero-order valence-electron chi connectivity index (χ0n) is 21.6. The summed E-state index contributed by atoms with van der Waals surface area (Å²) >= 11 is 0. The third-order valence-electron chi connectivity index (χ3n) is 5.84. The number of rotatable bonds is 5. The van der Waals surface area contributed by atoms with Crippen LogP contribution in [0.5, 0.6) is 0 Å². The summed E-state index contributed by atoms with van der Waals surface area (Å²) in [5.74, 6) is -2.02. The lowest BCUT2D eigenvalue weighted by Gasteiger charge is -2.30. The molecule has 12 nitrogen and oxygen atoms in total. The maximum absolute atomic E-state index is 13.4. The molecule has 1 fully saturated rings. The molecule has 0 saturated carbocycles. The van der Waals surface area contributed by atoms with E-state index in [9.17, 15) is 19.2 Å². The van der Waals surface area contributed by atoms with Gasteiger partial charge in [0.15, 0.2) is 12.2 Å². The Hall–Kier alpha value is -4.87. The molecule has 2 aromatic carbocycles. The van der Waals surface area contributed by atoms with Crippen molar-refractivity contribution < 1.29 is 28.6 Å². The van der Waals surface area contributed by atoms with Crippen LogP contribution in [0.2, 0.25) is 0 Å². The first kappa shape index (κ1) is 27.2. The van der Waals surface area contributed by atoms with E-state index in [0.29, 0.717) is 0 Å². The van der Waals surface area contributed by atoms with Crippen molar-refractivity contribution in [1.29, 1.82) is 0 Å². The summed E-state index contributed by atoms with van der Waals surface area (Å²) in [7, 11) is 0. The highest BCUT2D eigenvalue weighted by atomic mass is 16.6. The van der Waals surface area contributed by atoms with Crippen LogP contribution >= 0.6 is 0 Å². The summed E-state index contributed by atoms with van der Waals surface area (Å²) < 4.78 is 17.1. The highest BCUT2D eigenvalue weighted by Gasteiger charge is 2.52. The van der Waals surface area contributed by atoms with Crippen LogP contribution < -0.4 is 17.0 Å². The Kier molecular flexibility index (Phi) is 7.56. The Labute approximate surface area is 223 Å². The van der Waals surface area contributed by atoms with Gasteiger partial charge in [0.05, 0.1) is 23.2 Å². The molecule has 3 atom stereocenters. The lowest BCUT2D eigenvalue weighted by atomic mass is 10.0. The molecule has 1 aliphatic heterocycles. The summed E-state index contributed by atoms with van der Waals surface area (Å²) in [6.07, 6.45) is -3.40. The first-order chi connectivity index (χ1) is 18.4. The molecule has 4 rings (SSSR count). The molecule has 39 heavy (non-hydrogen) atoms. The number of likely N-dealkylation sites (tertiary alicyclic amines) is 1. The summed E-state index contributed by atoms with van der Waals surface area (Å²) in [6, 6.07) is 14.9. The number of aromatic amines is 1. The van der Waals surface area contributed by atoms with Gasteiger partial charge < -0.3 is 25.7 Å². The number of carbonyl (C=O) groups is 3. The second-order valence-electron chi connectivity index (χ2n) is 9.87. The van der Waals surface area contributed by atoms with Crippen LogP contribution in [0.15, 0.2) is 65.5 Å². The minimum absolute atomic E-state index is 0.195. The second-order valence-corrected chi connectivity index (χ2v) is 9.87. The van der Waals surface area contributed by atoms with Crippen LogP contribution in [0, 0.1) is 0 Å². The number of amides is 1. The predicted molar refractivity (Wildman–Crippen MR) is 141 cm³/mol. The molecule has 0 aliphatic carbocycles. The average Bonchev–Trinajstić information content (AvgIpc) is 3.21. The van der Waals surface area contributed by atoms with Crippen molar-refractivity contribution in [3.05, 3.63) is 87.7 Å². The Morgan fingerprint density at radius 1 is 0.923 bits per heavy atom. The molecule has 0 bridgehead atoms. The predicted octanol–water partition coefficient (Wildman–Crippen LogP) is 2.68. The summed E-state index contributed by atoms with van der Waals surface area (Å²) in [6.45, 7) is 4.74. The highest BCUT2D eigenvalue weighted by Crippen LogP contribution is 2.38. The fraction of sp³-hybridized carbons (Fsp3) is 0.296. The maximum Gasteiger partial charge on any atom is 0.411 e. The van der Waals surface area contributed by atoms with Crippen LogP contribution in [0.4, 0.5) is 16.6 Å². The number of anilines is 2. The monoisotopic (exact) mass is 535 g/mol. The van der Waals surface area contributed by atoms with Gasteiger partial charge in [0, 0.05) is 0 Å². The van der Waals surface area contributed by atoms with Crippen molar-refractivity contribution >= 4 is 29.8 Å². The number of esters is 2. The Balaban J connectivity index is 1.80. The number of nitrogens with zero attached hydrogens (tertiary/aromatic N) is 2. The molecule has 204 valence electrons. The van der Waals surface area contributed by atoms with E-state index in [-0.39, 0.29) is 35.0 Å². The Morgan fingerprint density at radius 3 is 1.97 bits per heavy atom. The lowest BCUT2D eigenvalue weighted by Crippen LogP contribution is -2.41. The number of carbonyl (C=O) groups excluding carboxylic acids is 3. The third-order valence-corrected chi connectivity index (χ3v) is 5.84. The number of benzene rings is 2. The molecule has 1 aromatic heterocycles. The molecule has 0 spiro atoms. The average molecular weight is 536 g/mol. The standard InChI is InChI=1S/C27H29N5O7/c1-27(2,3)39-26(36)32-14-17(37-23(34)15-10-6-4-7-11-15)20(38-24(35)16-12-8-5-9-13-16)19(32)18-21(28)30-25(29)31-22(18)33/h4-13,17,19-20H,14H2,1-3H3,(H5,28,29,30,31,33)/t17-,19-,20+/m0/s1. The quantitative estimate of drug-likeness (QED) is 0.325. The van der Waals surface area contributed by atoms with Crippen molar-refractivity contribution in [2.75, 3.05) is 18.0 Å². The fourth-order valence-corrected chi connectivity index (χ4v) is 4.21. The van der Waals surface area contributed by atoms with Crippen LogP contribution in [0.3, 0.4) is 0 Å². The van der Waals surface area contributed by atoms with E-state index in [0.717, 1.165) is 4.90 Å². The second kappa shape index (κ2) is 10.9. The topological polar surface area (TPSA) is 180 Å². The summed E-state index contributed by atoms with van der Waals surface area (Å²) in [5, 5.41) is 0. The van der Waals surface area contributed by atoms with Gasteiger partial charge in [-0.15, -0.1) is 0 Å². The molecule has 1 aliphatic rings. The molecule has 5 N–H and O–H groups in total. The van der Waals surface area contributed by atoms with Gasteiger partial charge in [0.1, 0.15) is 17.5 Å². The van der Waals surface area contributed by atoms with Crippen LogP contribution in [-0.2, 0) is 14.2 Å². The summed E-state index contributed by atoms with van der Waals surface area (Å²) in [5.41, 5.74) is 10.3. The smallest absolute Gasteiger partial charge is 0.411 e. The Bertz CT molecular complexity index is 1420. The number of hydrogen-bond donors (Lipinski definition) is 3. The molecule has 0 unspecified atom stereocenters. The minimum Gasteiger partial charge on any atom is -0.453 e. The lowest BCUT2D eigenvalue weighted by molar-refractivity contribution is -0.0270. The van der Waals surface area contributed by atoms with Gasteiger partial charge in [-0.1, -0.05) is 36.4 Å². The normalized spacial score (nSPS) is 18.8. The van der Waals surface area contributed by atoms with E-state index in [1.54, 1.807) is 69.3 Å². The van der Waals surface area contributed by atoms with E-state index in [1.807, 2.05) is 0 Å². The van der Waals surface area contributed by atoms with Crippen LogP contribution in [0.1, 0.15) is 53.1 Å². The SMILES string of the molecule is CC(C)(C)OC(=O)N1C[C@H](OC(=O)c2ccccc2)[C@@H](OC(=O)c2ccccc2)[C@@H]1c1c(N)nc(N)[nH]c1=O. The van der Waals surface area contributed by atoms with Crippen molar-refractivity contribution in [2.24, 2.45) is 0 Å². The van der Waals surface area contributed by atoms with Crippen molar-refractivity contribution in [3.8, 4) is 0 Å². The van der Waals surface area contributed by atoms with E-state index in [4.69, 9.17) is 25.7 Å². The number of nitrogens with one attached hydrogen (secondary N) is 1. The van der Waals surface area contributed by atoms with E-state index < -0.39 is 47.4 Å². The number of aromatic nitrogens is 2. The molecular formula is C27H29N5O7. The van der Waals surface area contributed by atoms with E-state index >= 15 is 0 Å². The van der Waals surface area contributed by atoms with Crippen LogP contribution in [0.25, 0.3) is 0 Å². The minimum atomic E-state index is -1.35. The van der Waals surface area contributed by atoms with E-state index in [1.165, 1.54) is 12.1 Å². The van der Waals surface area contributed by atoms with Gasteiger partial charge in [0.25, 0.3) is 5.56 Å². The first-order valence-corrected chi connectivity index (χ1v) is 12.1. The van der Waals surface area contributed by atoms with Gasteiger partial charge in [-0.2, -0.15) is 4.98 Å². The van der Waals surface area contributed by atoms with Gasteiger partial charge in [-0.05, 0) is 45.0 Å². The summed E-state index contributed by atoms with van der Waals surface area (Å²) in [4.78, 5) is 60.0. The Morgan fingerprint density at radius 2 is 1.46 bits per heavy atom. The molecule has 1 saturated heterocycles. The largest absolute Gasteiger partial charge is 0.453 e. The van der Waals surface area contributed by atoms with Crippen molar-refractivity contribution in [3.63, 3.8) is 0 Å². The number of nitrogen functional groups attached to an aromatic ring is 2. The van der Waals surface area contributed by atoms with Gasteiger partial charge in [-0.3, -0.25) is 14.7 Å². The number of H-pyrrole nitrogens is 1. The zero-order chi connectivity index (χ0) is 28.3. The fourth-order valence-electron chi connectivity index (χ4n) is 4.21. The molecular weight excluding hydrogens is 506 g/mol. The van der Waals surface area contributed by atoms with Gasteiger partial charge >= 0.3 is 18.0 Å². The van der Waals surface area contributed by atoms with Crippen molar-refractivity contribution in [2.45, 2.75) is 44.6 Å². The number of ether oxygens (including phenoxy) is 3. The molecule has 1 amide bonds. The van der Waals surface area contributed by atoms with Crippen LogP contribution in [-0.4, -0.2) is 57.3 Å². The molecule has 12 heteroatoms. The maximum atomic E-state index is 13.4. The van der Waals surface area contributed by atoms with E-state index in [2.05, 4.69) is 9.97 Å². The highest BCUT2D eigenvalue weighted by molar-refractivity contribution is 5.90. The zero-order valence-corrected chi connectivity index (χ0v) is 21.6. The number of hydrogen-bond acceptors (Lipinski definition) is 10. The first-order valence-electron chi connectivity index (χ1n) is 12.1. The van der Waals surface area contributed by atoms with Gasteiger partial charge in [-0.25, -0.2) is 14.4 Å². The van der Waals surface area contributed by atoms with Crippen molar-refractivity contribution in [1.82, 2.24) is 14.9 Å². The molecule has 0 radical (unpaired) electrons.